The van der Waals surface area contributed by atoms with Gasteiger partial charge in [-0.2, -0.15) is 0 Å². The molecule has 1 unspecified atom stereocenters. The molecule has 1 rings (SSSR count). The first-order chi connectivity index (χ1) is 4.33. The fraction of sp³-hybridized carbons (Fsp3) is 0.778. The van der Waals surface area contributed by atoms with E-state index in [9.17, 15) is 0 Å². The average Bonchev–Trinajstić information content (AvgIpc) is 1.78. The molecule has 0 radical (unpaired) electrons. The van der Waals surface area contributed by atoms with E-state index < -0.39 is 0 Å². The molecule has 0 aliphatic heterocycles. The molecule has 1 atom stereocenters. The Morgan fingerprint density at radius 1 is 1.67 bits per heavy atom. The third kappa shape index (κ3) is 1.75. The van der Waals surface area contributed by atoms with E-state index in [0.717, 1.165) is 5.92 Å². The van der Waals surface area contributed by atoms with Gasteiger partial charge in [0.05, 0.1) is 0 Å². The second-order valence-corrected chi connectivity index (χ2v) is 3.10. The molecule has 0 bridgehead atoms. The lowest BCUT2D eigenvalue weighted by molar-refractivity contribution is 0.276. The predicted octanol–water partition coefficient (Wildman–Crippen LogP) is 2.45. The summed E-state index contributed by atoms with van der Waals surface area (Å²) in [4.78, 5) is 0. The number of hydrogen-bond acceptors (Lipinski definition) is 0. The van der Waals surface area contributed by atoms with Crippen LogP contribution in [0.25, 0.3) is 0 Å². The Morgan fingerprint density at radius 3 is 2.67 bits per heavy atom. The van der Waals surface area contributed by atoms with Crippen molar-refractivity contribution in [1.82, 2.24) is 0 Å². The van der Waals surface area contributed by atoms with Gasteiger partial charge in [0.25, 0.3) is 0 Å². The minimum Gasteiger partial charge on any atom is -0.120 e. The third-order valence-electron chi connectivity index (χ3n) is 2.20. The maximum atomic E-state index is 5.25. The van der Waals surface area contributed by atoms with Crippen molar-refractivity contribution in [3.05, 3.63) is 0 Å². The van der Waals surface area contributed by atoms with E-state index >= 15 is 0 Å². The summed E-state index contributed by atoms with van der Waals surface area (Å²) in [6, 6.07) is 0. The molecular formula is C9H14. The zero-order valence-electron chi connectivity index (χ0n) is 6.06. The third-order valence-corrected chi connectivity index (χ3v) is 2.20. The number of rotatable bonds is 2. The Hall–Kier alpha value is -0.440. The van der Waals surface area contributed by atoms with Gasteiger partial charge in [-0.05, 0) is 12.3 Å². The molecule has 0 aromatic rings. The van der Waals surface area contributed by atoms with E-state index in [1.807, 2.05) is 0 Å². The SMILES string of the molecule is C#CC(C)CC1CCC1. The minimum atomic E-state index is 0.510. The topological polar surface area (TPSA) is 0 Å². The quantitative estimate of drug-likeness (QED) is 0.493. The summed E-state index contributed by atoms with van der Waals surface area (Å²) in [5, 5.41) is 0. The zero-order chi connectivity index (χ0) is 6.69. The molecule has 1 aliphatic carbocycles. The highest BCUT2D eigenvalue weighted by Gasteiger charge is 2.18. The first kappa shape index (κ1) is 6.68. The van der Waals surface area contributed by atoms with Crippen LogP contribution in [0.3, 0.4) is 0 Å². The molecule has 0 aromatic heterocycles. The summed E-state index contributed by atoms with van der Waals surface area (Å²) in [7, 11) is 0. The van der Waals surface area contributed by atoms with Crippen LogP contribution < -0.4 is 0 Å². The van der Waals surface area contributed by atoms with E-state index in [0.29, 0.717) is 5.92 Å². The fourth-order valence-electron chi connectivity index (χ4n) is 1.30. The molecule has 1 saturated carbocycles. The summed E-state index contributed by atoms with van der Waals surface area (Å²) in [5.41, 5.74) is 0. The first-order valence-corrected chi connectivity index (χ1v) is 3.79. The summed E-state index contributed by atoms with van der Waals surface area (Å²) in [5.74, 6) is 4.24. The summed E-state index contributed by atoms with van der Waals surface area (Å²) < 4.78 is 0. The van der Waals surface area contributed by atoms with Gasteiger partial charge in [0.2, 0.25) is 0 Å². The Labute approximate surface area is 57.7 Å². The van der Waals surface area contributed by atoms with Gasteiger partial charge >= 0.3 is 0 Å². The molecule has 0 saturated heterocycles. The molecule has 0 spiro atoms. The lowest BCUT2D eigenvalue weighted by Crippen LogP contribution is -2.13. The van der Waals surface area contributed by atoms with Crippen molar-refractivity contribution in [3.8, 4) is 12.3 Å². The fourth-order valence-corrected chi connectivity index (χ4v) is 1.30. The second kappa shape index (κ2) is 2.92. The highest BCUT2D eigenvalue weighted by atomic mass is 14.2. The standard InChI is InChI=1S/C9H14/c1-3-8(2)7-9-5-4-6-9/h1,8-9H,4-7H2,2H3. The second-order valence-electron chi connectivity index (χ2n) is 3.10. The van der Waals surface area contributed by atoms with Crippen LogP contribution in [-0.4, -0.2) is 0 Å². The summed E-state index contributed by atoms with van der Waals surface area (Å²) in [6.07, 6.45) is 10.8. The lowest BCUT2D eigenvalue weighted by Gasteiger charge is -2.26. The highest BCUT2D eigenvalue weighted by molar-refractivity contribution is 4.92. The molecule has 0 amide bonds. The zero-order valence-corrected chi connectivity index (χ0v) is 6.06. The molecule has 0 heterocycles. The normalized spacial score (nSPS) is 22.2. The average molecular weight is 122 g/mol. The summed E-state index contributed by atoms with van der Waals surface area (Å²) >= 11 is 0. The van der Waals surface area contributed by atoms with Gasteiger partial charge < -0.3 is 0 Å². The van der Waals surface area contributed by atoms with Crippen LogP contribution in [0.1, 0.15) is 32.6 Å². The van der Waals surface area contributed by atoms with Gasteiger partial charge in [0.15, 0.2) is 0 Å². The van der Waals surface area contributed by atoms with Crippen LogP contribution in [0.4, 0.5) is 0 Å². The molecule has 0 nitrogen and oxygen atoms in total. The molecular weight excluding hydrogens is 108 g/mol. The van der Waals surface area contributed by atoms with Crippen molar-refractivity contribution in [3.63, 3.8) is 0 Å². The van der Waals surface area contributed by atoms with Gasteiger partial charge in [0.1, 0.15) is 0 Å². The largest absolute Gasteiger partial charge is 0.120 e. The molecule has 1 aliphatic rings. The predicted molar refractivity (Wildman–Crippen MR) is 40.0 cm³/mol. The lowest BCUT2D eigenvalue weighted by atomic mass is 9.80. The van der Waals surface area contributed by atoms with Crippen molar-refractivity contribution in [2.24, 2.45) is 11.8 Å². The Balaban J connectivity index is 2.10. The van der Waals surface area contributed by atoms with Crippen molar-refractivity contribution >= 4 is 0 Å². The van der Waals surface area contributed by atoms with Crippen LogP contribution in [0, 0.1) is 24.2 Å². The van der Waals surface area contributed by atoms with Crippen molar-refractivity contribution in [2.45, 2.75) is 32.6 Å². The molecule has 0 aromatic carbocycles. The van der Waals surface area contributed by atoms with Gasteiger partial charge in [-0.15, -0.1) is 12.3 Å². The van der Waals surface area contributed by atoms with E-state index in [-0.39, 0.29) is 0 Å². The smallest absolute Gasteiger partial charge is 0.0174 e. The van der Waals surface area contributed by atoms with Crippen LogP contribution in [-0.2, 0) is 0 Å². The van der Waals surface area contributed by atoms with Crippen LogP contribution in [0.15, 0.2) is 0 Å². The maximum absolute atomic E-state index is 5.25. The van der Waals surface area contributed by atoms with Crippen LogP contribution in [0.2, 0.25) is 0 Å². The van der Waals surface area contributed by atoms with Crippen molar-refractivity contribution in [1.29, 1.82) is 0 Å². The van der Waals surface area contributed by atoms with Crippen molar-refractivity contribution < 1.29 is 0 Å². The van der Waals surface area contributed by atoms with E-state index in [1.165, 1.54) is 25.7 Å². The van der Waals surface area contributed by atoms with Gasteiger partial charge in [-0.3, -0.25) is 0 Å². The van der Waals surface area contributed by atoms with Crippen LogP contribution in [0.5, 0.6) is 0 Å². The van der Waals surface area contributed by atoms with E-state index in [4.69, 9.17) is 6.42 Å². The monoisotopic (exact) mass is 122 g/mol. The molecule has 0 heteroatoms. The Kier molecular flexibility index (Phi) is 2.16. The van der Waals surface area contributed by atoms with E-state index in [1.54, 1.807) is 0 Å². The Bertz CT molecular complexity index is 114. The van der Waals surface area contributed by atoms with Gasteiger partial charge in [-0.1, -0.05) is 26.2 Å². The van der Waals surface area contributed by atoms with E-state index in [2.05, 4.69) is 12.8 Å². The molecule has 1 fully saturated rings. The number of terminal acetylenes is 1. The molecule has 50 valence electrons. The minimum absolute atomic E-state index is 0.510. The van der Waals surface area contributed by atoms with Crippen molar-refractivity contribution in [2.75, 3.05) is 0 Å². The Morgan fingerprint density at radius 2 is 2.33 bits per heavy atom. The summed E-state index contributed by atoms with van der Waals surface area (Å²) in [6.45, 7) is 2.14. The molecule has 0 N–H and O–H groups in total. The number of hydrogen-bond donors (Lipinski definition) is 0. The highest BCUT2D eigenvalue weighted by Crippen LogP contribution is 2.31. The van der Waals surface area contributed by atoms with Gasteiger partial charge in [0, 0.05) is 5.92 Å². The van der Waals surface area contributed by atoms with Gasteiger partial charge in [-0.25, -0.2) is 0 Å². The maximum Gasteiger partial charge on any atom is 0.0174 e. The van der Waals surface area contributed by atoms with Crippen LogP contribution >= 0.6 is 0 Å². The molecule has 9 heavy (non-hydrogen) atoms. The first-order valence-electron chi connectivity index (χ1n) is 3.79.